The third kappa shape index (κ3) is 2.87. The lowest BCUT2D eigenvalue weighted by atomic mass is 10.1. The Labute approximate surface area is 104 Å². The molecule has 0 saturated carbocycles. The highest BCUT2D eigenvalue weighted by Crippen LogP contribution is 2.26. The number of thiazole rings is 1. The van der Waals surface area contributed by atoms with Gasteiger partial charge in [-0.3, -0.25) is 4.98 Å². The van der Waals surface area contributed by atoms with Crippen molar-refractivity contribution in [3.63, 3.8) is 0 Å². The normalized spacial score (nSPS) is 12.6. The van der Waals surface area contributed by atoms with Crippen LogP contribution < -0.4 is 5.32 Å². The Kier molecular flexibility index (Phi) is 3.81. The van der Waals surface area contributed by atoms with E-state index in [9.17, 15) is 4.39 Å². The molecule has 0 saturated heterocycles. The van der Waals surface area contributed by atoms with Crippen molar-refractivity contribution in [2.24, 2.45) is 0 Å². The summed E-state index contributed by atoms with van der Waals surface area (Å²) in [6, 6.07) is 1.48. The Bertz CT molecular complexity index is 498. The smallest absolute Gasteiger partial charge is 0.141 e. The Morgan fingerprint density at radius 2 is 2.24 bits per heavy atom. The van der Waals surface area contributed by atoms with Gasteiger partial charge in [-0.1, -0.05) is 6.92 Å². The van der Waals surface area contributed by atoms with E-state index >= 15 is 0 Å². The van der Waals surface area contributed by atoms with Crippen molar-refractivity contribution in [3.05, 3.63) is 45.9 Å². The monoisotopic (exact) mass is 251 g/mol. The van der Waals surface area contributed by atoms with Crippen LogP contribution in [-0.2, 0) is 0 Å². The maximum atomic E-state index is 13.2. The lowest BCUT2D eigenvalue weighted by molar-refractivity contribution is 0.599. The van der Waals surface area contributed by atoms with E-state index in [1.165, 1.54) is 12.3 Å². The number of hydrogen-bond acceptors (Lipinski definition) is 4. The minimum Gasteiger partial charge on any atom is -0.306 e. The van der Waals surface area contributed by atoms with Crippen LogP contribution in [0.4, 0.5) is 4.39 Å². The van der Waals surface area contributed by atoms with Crippen LogP contribution in [0, 0.1) is 12.7 Å². The van der Waals surface area contributed by atoms with Crippen LogP contribution in [-0.4, -0.2) is 16.5 Å². The molecule has 0 radical (unpaired) electrons. The number of rotatable bonds is 4. The second-order valence-electron chi connectivity index (χ2n) is 3.71. The second kappa shape index (κ2) is 5.33. The molecule has 3 nitrogen and oxygen atoms in total. The summed E-state index contributed by atoms with van der Waals surface area (Å²) < 4.78 is 13.2. The number of hydrogen-bond donors (Lipinski definition) is 1. The Morgan fingerprint density at radius 1 is 1.41 bits per heavy atom. The molecular weight excluding hydrogens is 237 g/mol. The van der Waals surface area contributed by atoms with Gasteiger partial charge in [0, 0.05) is 17.3 Å². The fraction of sp³-hybridized carbons (Fsp3) is 0.333. The molecule has 5 heteroatoms. The van der Waals surface area contributed by atoms with Gasteiger partial charge in [0.25, 0.3) is 0 Å². The molecule has 0 spiro atoms. The zero-order valence-corrected chi connectivity index (χ0v) is 10.6. The molecule has 0 fully saturated rings. The molecule has 2 heterocycles. The van der Waals surface area contributed by atoms with Crippen molar-refractivity contribution in [2.75, 3.05) is 6.54 Å². The molecule has 17 heavy (non-hydrogen) atoms. The van der Waals surface area contributed by atoms with E-state index in [1.54, 1.807) is 17.5 Å². The van der Waals surface area contributed by atoms with E-state index in [4.69, 9.17) is 0 Å². The number of halogens is 1. The topological polar surface area (TPSA) is 37.8 Å². The molecule has 1 atom stereocenters. The molecule has 0 bridgehead atoms. The molecule has 2 aromatic heterocycles. The van der Waals surface area contributed by atoms with Gasteiger partial charge in [-0.05, 0) is 25.1 Å². The summed E-state index contributed by atoms with van der Waals surface area (Å²) in [6.45, 7) is 4.78. The van der Waals surface area contributed by atoms with Crippen LogP contribution >= 0.6 is 11.3 Å². The zero-order chi connectivity index (χ0) is 12.3. The average Bonchev–Trinajstić information content (AvgIpc) is 2.72. The van der Waals surface area contributed by atoms with Gasteiger partial charge in [0.05, 0.1) is 17.2 Å². The van der Waals surface area contributed by atoms with Gasteiger partial charge >= 0.3 is 0 Å². The van der Waals surface area contributed by atoms with Crippen molar-refractivity contribution < 1.29 is 4.39 Å². The number of aryl methyl sites for hydroxylation is 1. The summed E-state index contributed by atoms with van der Waals surface area (Å²) in [5.41, 5.74) is 0.829. The van der Waals surface area contributed by atoms with Crippen LogP contribution in [0.15, 0.2) is 24.7 Å². The van der Waals surface area contributed by atoms with Crippen LogP contribution in [0.5, 0.6) is 0 Å². The standard InChI is InChI=1S/C12H14FN3S/c1-3-15-12(11-7-16-8(2)17-11)9-4-10(13)6-14-5-9/h4-7,12,15H,3H2,1-2H3. The van der Waals surface area contributed by atoms with E-state index in [-0.39, 0.29) is 11.9 Å². The van der Waals surface area contributed by atoms with E-state index in [1.807, 2.05) is 20.0 Å². The average molecular weight is 251 g/mol. The molecule has 0 aliphatic heterocycles. The molecule has 1 N–H and O–H groups in total. The minimum absolute atomic E-state index is 0.0330. The lowest BCUT2D eigenvalue weighted by Gasteiger charge is -2.15. The van der Waals surface area contributed by atoms with Gasteiger partial charge < -0.3 is 5.32 Å². The van der Waals surface area contributed by atoms with E-state index in [2.05, 4.69) is 15.3 Å². The Hall–Kier alpha value is -1.33. The molecule has 0 aliphatic carbocycles. The van der Waals surface area contributed by atoms with E-state index < -0.39 is 0 Å². The predicted octanol–water partition coefficient (Wildman–Crippen LogP) is 2.68. The summed E-state index contributed by atoms with van der Waals surface area (Å²) in [7, 11) is 0. The highest BCUT2D eigenvalue weighted by molar-refractivity contribution is 7.11. The first kappa shape index (κ1) is 12.1. The van der Waals surface area contributed by atoms with Gasteiger partial charge in [0.1, 0.15) is 5.82 Å². The molecule has 2 aromatic rings. The molecule has 2 rings (SSSR count). The highest BCUT2D eigenvalue weighted by atomic mass is 32.1. The third-order valence-corrected chi connectivity index (χ3v) is 3.37. The largest absolute Gasteiger partial charge is 0.306 e. The van der Waals surface area contributed by atoms with E-state index in [0.29, 0.717) is 0 Å². The molecular formula is C12H14FN3S. The van der Waals surface area contributed by atoms with Gasteiger partial charge in [-0.15, -0.1) is 11.3 Å². The highest BCUT2D eigenvalue weighted by Gasteiger charge is 2.16. The second-order valence-corrected chi connectivity index (χ2v) is 4.98. The molecule has 0 aromatic carbocycles. The lowest BCUT2D eigenvalue weighted by Crippen LogP contribution is -2.21. The number of nitrogens with zero attached hydrogens (tertiary/aromatic N) is 2. The quantitative estimate of drug-likeness (QED) is 0.908. The zero-order valence-electron chi connectivity index (χ0n) is 9.77. The molecule has 1 unspecified atom stereocenters. The third-order valence-electron chi connectivity index (χ3n) is 2.39. The van der Waals surface area contributed by atoms with Crippen molar-refractivity contribution >= 4 is 11.3 Å². The summed E-state index contributed by atoms with van der Waals surface area (Å²) in [5.74, 6) is -0.313. The van der Waals surface area contributed by atoms with Gasteiger partial charge in [-0.2, -0.15) is 0 Å². The predicted molar refractivity (Wildman–Crippen MR) is 66.6 cm³/mol. The van der Waals surface area contributed by atoms with Crippen LogP contribution in [0.2, 0.25) is 0 Å². The van der Waals surface area contributed by atoms with Crippen LogP contribution in [0.25, 0.3) is 0 Å². The fourth-order valence-corrected chi connectivity index (χ4v) is 2.57. The first-order valence-electron chi connectivity index (χ1n) is 5.47. The molecule has 90 valence electrons. The summed E-state index contributed by atoms with van der Waals surface area (Å²) in [6.07, 6.45) is 4.73. The van der Waals surface area contributed by atoms with Crippen LogP contribution in [0.1, 0.15) is 28.4 Å². The first-order valence-corrected chi connectivity index (χ1v) is 6.28. The van der Waals surface area contributed by atoms with Gasteiger partial charge in [0.2, 0.25) is 0 Å². The van der Waals surface area contributed by atoms with Crippen molar-refractivity contribution in [1.29, 1.82) is 0 Å². The number of aromatic nitrogens is 2. The maximum Gasteiger partial charge on any atom is 0.141 e. The summed E-state index contributed by atoms with van der Waals surface area (Å²) in [5, 5.41) is 4.33. The number of pyridine rings is 1. The molecule has 0 aliphatic rings. The van der Waals surface area contributed by atoms with Crippen molar-refractivity contribution in [1.82, 2.24) is 15.3 Å². The van der Waals surface area contributed by atoms with Crippen molar-refractivity contribution in [3.8, 4) is 0 Å². The van der Waals surface area contributed by atoms with Crippen molar-refractivity contribution in [2.45, 2.75) is 19.9 Å². The molecule has 0 amide bonds. The van der Waals surface area contributed by atoms with Gasteiger partial charge in [0.15, 0.2) is 0 Å². The SMILES string of the molecule is CCNC(c1cncc(F)c1)c1cnc(C)s1. The van der Waals surface area contributed by atoms with Gasteiger partial charge in [-0.25, -0.2) is 9.37 Å². The minimum atomic E-state index is -0.313. The summed E-state index contributed by atoms with van der Waals surface area (Å²) in [4.78, 5) is 9.20. The maximum absolute atomic E-state index is 13.2. The fourth-order valence-electron chi connectivity index (χ4n) is 1.68. The number of nitrogens with one attached hydrogen (secondary N) is 1. The first-order chi connectivity index (χ1) is 8.20. The van der Waals surface area contributed by atoms with Crippen LogP contribution in [0.3, 0.4) is 0 Å². The Balaban J connectivity index is 2.35. The van der Waals surface area contributed by atoms with E-state index in [0.717, 1.165) is 22.0 Å². The Morgan fingerprint density at radius 3 is 2.82 bits per heavy atom. The summed E-state index contributed by atoms with van der Waals surface area (Å²) >= 11 is 1.61.